The quantitative estimate of drug-likeness (QED) is 0.719. The van der Waals surface area contributed by atoms with Crippen LogP contribution in [0.15, 0.2) is 24.3 Å². The summed E-state index contributed by atoms with van der Waals surface area (Å²) < 4.78 is 0. The van der Waals surface area contributed by atoms with E-state index >= 15 is 0 Å². The Morgan fingerprint density at radius 1 is 1.21 bits per heavy atom. The number of amides is 4. The Morgan fingerprint density at radius 3 is 2.75 bits per heavy atom. The van der Waals surface area contributed by atoms with Crippen molar-refractivity contribution in [3.05, 3.63) is 29.8 Å². The second-order valence-electron chi connectivity index (χ2n) is 7.56. The third-order valence-corrected chi connectivity index (χ3v) is 5.20. The van der Waals surface area contributed by atoms with E-state index in [9.17, 15) is 19.5 Å². The maximum atomic E-state index is 12.9. The van der Waals surface area contributed by atoms with Crippen LogP contribution in [0.25, 0.3) is 0 Å². The van der Waals surface area contributed by atoms with E-state index in [0.29, 0.717) is 38.2 Å². The summed E-state index contributed by atoms with van der Waals surface area (Å²) >= 11 is 0. The van der Waals surface area contributed by atoms with Crippen molar-refractivity contribution >= 4 is 23.5 Å². The van der Waals surface area contributed by atoms with Crippen LogP contribution in [0, 0.1) is 6.92 Å². The van der Waals surface area contributed by atoms with Crippen molar-refractivity contribution in [2.75, 3.05) is 31.5 Å². The first-order valence-electron chi connectivity index (χ1n) is 9.81. The molecule has 1 aromatic rings. The molecular weight excluding hydrogens is 360 g/mol. The van der Waals surface area contributed by atoms with E-state index in [4.69, 9.17) is 0 Å². The number of rotatable bonds is 4. The number of urea groups is 1. The number of benzene rings is 1. The van der Waals surface area contributed by atoms with Gasteiger partial charge in [0.05, 0.1) is 12.6 Å². The molecule has 1 aromatic carbocycles. The zero-order valence-electron chi connectivity index (χ0n) is 16.2. The minimum atomic E-state index is -0.649. The van der Waals surface area contributed by atoms with Crippen LogP contribution in [0.1, 0.15) is 31.2 Å². The van der Waals surface area contributed by atoms with Crippen molar-refractivity contribution in [1.82, 2.24) is 15.1 Å². The third kappa shape index (κ3) is 5.22. The molecule has 2 atom stereocenters. The molecule has 2 aliphatic heterocycles. The lowest BCUT2D eigenvalue weighted by molar-refractivity contribution is -0.140. The van der Waals surface area contributed by atoms with Crippen molar-refractivity contribution in [3.63, 3.8) is 0 Å². The number of aliphatic hydroxyl groups excluding tert-OH is 1. The highest BCUT2D eigenvalue weighted by Gasteiger charge is 2.32. The minimum absolute atomic E-state index is 0.0107. The van der Waals surface area contributed by atoms with E-state index in [1.807, 2.05) is 25.1 Å². The summed E-state index contributed by atoms with van der Waals surface area (Å²) in [6.07, 6.45) is 2.23. The van der Waals surface area contributed by atoms with Gasteiger partial charge in [0.1, 0.15) is 6.04 Å². The van der Waals surface area contributed by atoms with E-state index in [0.717, 1.165) is 18.4 Å². The minimum Gasteiger partial charge on any atom is -0.391 e. The highest BCUT2D eigenvalue weighted by atomic mass is 16.3. The summed E-state index contributed by atoms with van der Waals surface area (Å²) in [6, 6.07) is 6.35. The molecule has 0 aliphatic carbocycles. The normalized spacial score (nSPS) is 22.7. The van der Waals surface area contributed by atoms with E-state index in [2.05, 4.69) is 10.6 Å². The van der Waals surface area contributed by atoms with Crippen LogP contribution < -0.4 is 10.6 Å². The zero-order valence-corrected chi connectivity index (χ0v) is 16.2. The Morgan fingerprint density at radius 2 is 2.04 bits per heavy atom. The lowest BCUT2D eigenvalue weighted by Gasteiger charge is -2.26. The number of hydrogen-bond acceptors (Lipinski definition) is 4. The van der Waals surface area contributed by atoms with Crippen LogP contribution in [0.3, 0.4) is 0 Å². The van der Waals surface area contributed by atoms with Gasteiger partial charge in [0, 0.05) is 25.3 Å². The number of carbonyl (C=O) groups excluding carboxylic acids is 3. The number of likely N-dealkylation sites (tertiary alicyclic amines) is 2. The van der Waals surface area contributed by atoms with E-state index in [1.54, 1.807) is 11.0 Å². The van der Waals surface area contributed by atoms with Gasteiger partial charge in [-0.1, -0.05) is 12.1 Å². The van der Waals surface area contributed by atoms with Crippen LogP contribution in [-0.4, -0.2) is 71.1 Å². The largest absolute Gasteiger partial charge is 0.391 e. The zero-order chi connectivity index (χ0) is 20.1. The molecule has 0 radical (unpaired) electrons. The summed E-state index contributed by atoms with van der Waals surface area (Å²) in [4.78, 5) is 40.8. The first-order chi connectivity index (χ1) is 13.4. The molecule has 0 bridgehead atoms. The molecule has 2 saturated heterocycles. The van der Waals surface area contributed by atoms with E-state index in [1.165, 1.54) is 4.90 Å². The number of anilines is 1. The molecule has 2 unspecified atom stereocenters. The molecule has 4 amide bonds. The molecule has 0 aromatic heterocycles. The molecule has 28 heavy (non-hydrogen) atoms. The summed E-state index contributed by atoms with van der Waals surface area (Å²) in [5.41, 5.74) is 1.69. The highest BCUT2D eigenvalue weighted by molar-refractivity contribution is 5.95. The Labute approximate surface area is 164 Å². The fourth-order valence-electron chi connectivity index (χ4n) is 3.68. The van der Waals surface area contributed by atoms with Gasteiger partial charge < -0.3 is 25.5 Å². The van der Waals surface area contributed by atoms with E-state index in [-0.39, 0.29) is 18.4 Å². The number of aryl methyl sites for hydroxylation is 1. The Hall–Kier alpha value is -2.61. The molecule has 2 fully saturated rings. The van der Waals surface area contributed by atoms with Crippen molar-refractivity contribution < 1.29 is 19.5 Å². The van der Waals surface area contributed by atoms with Gasteiger partial charge in [0.25, 0.3) is 0 Å². The predicted molar refractivity (Wildman–Crippen MR) is 105 cm³/mol. The van der Waals surface area contributed by atoms with Crippen LogP contribution in [0.4, 0.5) is 10.5 Å². The molecule has 3 rings (SSSR count). The number of nitrogens with zero attached hydrogens (tertiary/aromatic N) is 2. The van der Waals surface area contributed by atoms with Crippen LogP contribution >= 0.6 is 0 Å². The molecule has 3 N–H and O–H groups in total. The summed E-state index contributed by atoms with van der Waals surface area (Å²) in [7, 11) is 0. The van der Waals surface area contributed by atoms with Crippen molar-refractivity contribution in [2.45, 2.75) is 44.8 Å². The summed E-state index contributed by atoms with van der Waals surface area (Å²) in [6.45, 7) is 3.26. The van der Waals surface area contributed by atoms with E-state index < -0.39 is 18.2 Å². The van der Waals surface area contributed by atoms with Gasteiger partial charge in [-0.05, 0) is 50.3 Å². The molecule has 2 aliphatic rings. The number of aliphatic hydroxyl groups is 1. The second kappa shape index (κ2) is 9.05. The molecule has 0 saturated carbocycles. The van der Waals surface area contributed by atoms with Gasteiger partial charge in [-0.2, -0.15) is 0 Å². The number of hydrogen-bond donors (Lipinski definition) is 3. The van der Waals surface area contributed by atoms with Crippen LogP contribution in [0.5, 0.6) is 0 Å². The summed E-state index contributed by atoms with van der Waals surface area (Å²) in [5, 5.41) is 15.1. The highest BCUT2D eigenvalue weighted by Crippen LogP contribution is 2.15. The van der Waals surface area contributed by atoms with Crippen molar-refractivity contribution in [1.29, 1.82) is 0 Å². The molecular formula is C20H28N4O4. The van der Waals surface area contributed by atoms with Gasteiger partial charge in [-0.3, -0.25) is 9.59 Å². The topological polar surface area (TPSA) is 102 Å². The standard InChI is InChI=1S/C20H28N4O4/c1-14-5-4-6-15(11-14)21-20(28)22-17-7-2-3-9-24(19(17)27)13-18(26)23-10-8-16(25)12-23/h4-6,11,16-17,25H,2-3,7-10,12-13H2,1H3,(H2,21,22,28). The molecule has 8 nitrogen and oxygen atoms in total. The summed E-state index contributed by atoms with van der Waals surface area (Å²) in [5.74, 6) is -0.389. The fourth-order valence-corrected chi connectivity index (χ4v) is 3.68. The van der Waals surface area contributed by atoms with Gasteiger partial charge in [0.15, 0.2) is 0 Å². The lowest BCUT2D eigenvalue weighted by Crippen LogP contribution is -2.51. The first-order valence-corrected chi connectivity index (χ1v) is 9.81. The predicted octanol–water partition coefficient (Wildman–Crippen LogP) is 1.09. The van der Waals surface area contributed by atoms with Crippen molar-refractivity contribution in [3.8, 4) is 0 Å². The maximum absolute atomic E-state index is 12.9. The molecule has 8 heteroatoms. The average Bonchev–Trinajstić information content (AvgIpc) is 3.01. The van der Waals surface area contributed by atoms with Gasteiger partial charge in [-0.25, -0.2) is 4.79 Å². The maximum Gasteiger partial charge on any atom is 0.319 e. The first kappa shape index (κ1) is 20.1. The Bertz CT molecular complexity index is 739. The lowest BCUT2D eigenvalue weighted by atomic mass is 10.1. The van der Waals surface area contributed by atoms with Gasteiger partial charge in [-0.15, -0.1) is 0 Å². The Kier molecular flexibility index (Phi) is 6.51. The third-order valence-electron chi connectivity index (χ3n) is 5.20. The SMILES string of the molecule is Cc1cccc(NC(=O)NC2CCCCN(CC(=O)N3CCC(O)C3)C2=O)c1. The smallest absolute Gasteiger partial charge is 0.319 e. The van der Waals surface area contributed by atoms with Gasteiger partial charge >= 0.3 is 6.03 Å². The number of carbonyl (C=O) groups is 3. The molecule has 0 spiro atoms. The van der Waals surface area contributed by atoms with Crippen LogP contribution in [-0.2, 0) is 9.59 Å². The van der Waals surface area contributed by atoms with Crippen molar-refractivity contribution in [2.24, 2.45) is 0 Å². The van der Waals surface area contributed by atoms with Gasteiger partial charge in [0.2, 0.25) is 11.8 Å². The molecule has 2 heterocycles. The number of β-amino-alcohol motifs (C(OH)–C–C–N with tert-alkyl or cyclic N) is 1. The average molecular weight is 388 g/mol. The molecule has 152 valence electrons. The fraction of sp³-hybridized carbons (Fsp3) is 0.550. The second-order valence-corrected chi connectivity index (χ2v) is 7.56. The number of nitrogens with one attached hydrogen (secondary N) is 2. The Balaban J connectivity index is 1.57. The van der Waals surface area contributed by atoms with Crippen LogP contribution in [0.2, 0.25) is 0 Å². The monoisotopic (exact) mass is 388 g/mol.